The first kappa shape index (κ1) is 20.5. The smallest absolute Gasteiger partial charge is 0.258 e. The van der Waals surface area contributed by atoms with Crippen molar-refractivity contribution in [3.63, 3.8) is 0 Å². The monoisotopic (exact) mass is 410 g/mol. The summed E-state index contributed by atoms with van der Waals surface area (Å²) in [6.07, 6.45) is 0. The van der Waals surface area contributed by atoms with Crippen molar-refractivity contribution in [1.82, 2.24) is 20.7 Å². The number of hydrazine groups is 1. The van der Waals surface area contributed by atoms with Crippen LogP contribution in [-0.4, -0.2) is 35.3 Å². The molecule has 1 atom stereocenters. The number of hydrogen-bond donors (Lipinski definition) is 3. The Kier molecular flexibility index (Phi) is 7.70. The number of thiocarbonyl (C=S) groups is 1. The summed E-state index contributed by atoms with van der Waals surface area (Å²) in [5.74, 6) is -0.239. The molecule has 3 N–H and O–H groups in total. The highest BCUT2D eigenvalue weighted by Crippen LogP contribution is 2.24. The van der Waals surface area contributed by atoms with Gasteiger partial charge in [0.1, 0.15) is 6.54 Å². The first-order valence-corrected chi connectivity index (χ1v) is 9.70. The van der Waals surface area contributed by atoms with Crippen molar-refractivity contribution in [3.8, 4) is 11.3 Å². The lowest BCUT2D eigenvalue weighted by Gasteiger charge is -2.17. The minimum Gasteiger partial charge on any atom is -0.383 e. The Hall–Kier alpha value is -1.81. The maximum absolute atomic E-state index is 12.3. The Morgan fingerprint density at radius 3 is 2.65 bits per heavy atom. The highest BCUT2D eigenvalue weighted by molar-refractivity contribution is 7.80. The molecule has 0 aliphatic rings. The van der Waals surface area contributed by atoms with Gasteiger partial charge in [-0.2, -0.15) is 0 Å². The second-order valence-electron chi connectivity index (χ2n) is 5.84. The molecule has 0 fully saturated rings. The van der Waals surface area contributed by atoms with E-state index in [2.05, 4.69) is 16.2 Å². The van der Waals surface area contributed by atoms with Crippen LogP contribution in [0.15, 0.2) is 29.6 Å². The number of rotatable bonds is 6. The van der Waals surface area contributed by atoms with Crippen LogP contribution >= 0.6 is 35.8 Å². The Bertz CT molecular complexity index is 814. The van der Waals surface area contributed by atoms with E-state index in [1.165, 1.54) is 16.9 Å². The predicted octanol–water partition coefficient (Wildman–Crippen LogP) is 2.78. The zero-order valence-corrected chi connectivity index (χ0v) is 17.3. The SMILES string of the molecule is COC[C@H](C)NC(=S)NNC(=O)Cn1c(-c2ccc(C)cc2)csc1=S. The van der Waals surface area contributed by atoms with E-state index in [0.29, 0.717) is 15.7 Å². The molecule has 0 unspecified atom stereocenters. The van der Waals surface area contributed by atoms with Crippen molar-refractivity contribution in [3.05, 3.63) is 39.2 Å². The van der Waals surface area contributed by atoms with Crippen molar-refractivity contribution in [2.45, 2.75) is 26.4 Å². The summed E-state index contributed by atoms with van der Waals surface area (Å²) in [5.41, 5.74) is 8.40. The molecule has 0 aliphatic heterocycles. The number of carbonyl (C=O) groups is 1. The van der Waals surface area contributed by atoms with Gasteiger partial charge >= 0.3 is 0 Å². The minimum atomic E-state index is -0.239. The summed E-state index contributed by atoms with van der Waals surface area (Å²) in [5, 5.41) is 5.30. The van der Waals surface area contributed by atoms with E-state index < -0.39 is 0 Å². The summed E-state index contributed by atoms with van der Waals surface area (Å²) in [6, 6.07) is 8.15. The second-order valence-corrected chi connectivity index (χ2v) is 7.75. The molecular weight excluding hydrogens is 388 g/mol. The van der Waals surface area contributed by atoms with Gasteiger partial charge in [0.25, 0.3) is 5.91 Å². The molecule has 26 heavy (non-hydrogen) atoms. The van der Waals surface area contributed by atoms with Gasteiger partial charge in [0.05, 0.1) is 12.3 Å². The molecule has 1 aromatic heterocycles. The van der Waals surface area contributed by atoms with E-state index in [1.54, 1.807) is 7.11 Å². The van der Waals surface area contributed by atoms with E-state index in [4.69, 9.17) is 29.2 Å². The van der Waals surface area contributed by atoms with E-state index in [9.17, 15) is 4.79 Å². The van der Waals surface area contributed by atoms with Gasteiger partial charge in [0.15, 0.2) is 9.07 Å². The topological polar surface area (TPSA) is 67.3 Å². The zero-order valence-electron chi connectivity index (χ0n) is 14.9. The lowest BCUT2D eigenvalue weighted by Crippen LogP contribution is -2.50. The number of benzene rings is 1. The highest BCUT2D eigenvalue weighted by Gasteiger charge is 2.11. The van der Waals surface area contributed by atoms with Crippen LogP contribution in [0.25, 0.3) is 11.3 Å². The van der Waals surface area contributed by atoms with Gasteiger partial charge in [-0.25, -0.2) is 0 Å². The third kappa shape index (κ3) is 5.87. The summed E-state index contributed by atoms with van der Waals surface area (Å²) >= 11 is 11.9. The van der Waals surface area contributed by atoms with Crippen LogP contribution in [0.2, 0.25) is 0 Å². The number of methoxy groups -OCH3 is 1. The number of aromatic nitrogens is 1. The van der Waals surface area contributed by atoms with E-state index in [0.717, 1.165) is 11.3 Å². The number of ether oxygens (including phenoxy) is 1. The first-order valence-electron chi connectivity index (χ1n) is 8.00. The molecule has 1 aromatic carbocycles. The number of aryl methyl sites for hydroxylation is 1. The average molecular weight is 411 g/mol. The summed E-state index contributed by atoms with van der Waals surface area (Å²) in [6.45, 7) is 4.58. The summed E-state index contributed by atoms with van der Waals surface area (Å²) in [7, 11) is 1.62. The predicted molar refractivity (Wildman–Crippen MR) is 112 cm³/mol. The van der Waals surface area contributed by atoms with Crippen molar-refractivity contribution >= 4 is 46.8 Å². The molecule has 6 nitrogen and oxygen atoms in total. The Morgan fingerprint density at radius 2 is 2.00 bits per heavy atom. The minimum absolute atomic E-state index is 0.0375. The van der Waals surface area contributed by atoms with Crippen molar-refractivity contribution in [2.24, 2.45) is 0 Å². The lowest BCUT2D eigenvalue weighted by molar-refractivity contribution is -0.122. The van der Waals surface area contributed by atoms with Crippen LogP contribution in [0.1, 0.15) is 12.5 Å². The molecule has 0 radical (unpaired) electrons. The van der Waals surface area contributed by atoms with Crippen molar-refractivity contribution in [2.75, 3.05) is 13.7 Å². The molecule has 2 aromatic rings. The molecule has 1 heterocycles. The van der Waals surface area contributed by atoms with Gasteiger partial charge in [0, 0.05) is 18.5 Å². The van der Waals surface area contributed by atoms with Gasteiger partial charge in [-0.15, -0.1) is 11.3 Å². The fourth-order valence-corrected chi connectivity index (χ4v) is 3.62. The number of nitrogens with one attached hydrogen (secondary N) is 3. The Balaban J connectivity index is 1.97. The van der Waals surface area contributed by atoms with Crippen molar-refractivity contribution < 1.29 is 9.53 Å². The standard InChI is InChI=1S/C17H22N4O2S3/c1-11-4-6-13(7-5-11)14-10-26-17(25)21(14)8-15(22)19-20-16(24)18-12(2)9-23-3/h4-7,10,12H,8-9H2,1-3H3,(H,19,22)(H2,18,20,24)/t12-/m0/s1. The molecule has 0 aliphatic carbocycles. The average Bonchev–Trinajstić information content (AvgIpc) is 2.95. The Morgan fingerprint density at radius 1 is 1.31 bits per heavy atom. The molecule has 0 spiro atoms. The summed E-state index contributed by atoms with van der Waals surface area (Å²) < 4.78 is 7.48. The molecular formula is C17H22N4O2S3. The molecule has 0 bridgehead atoms. The van der Waals surface area contributed by atoms with Gasteiger partial charge < -0.3 is 14.6 Å². The van der Waals surface area contributed by atoms with Crippen LogP contribution in [-0.2, 0) is 16.1 Å². The zero-order chi connectivity index (χ0) is 19.1. The van der Waals surface area contributed by atoms with E-state index >= 15 is 0 Å². The quantitative estimate of drug-likeness (QED) is 0.503. The maximum Gasteiger partial charge on any atom is 0.258 e. The number of amides is 1. The number of carbonyl (C=O) groups excluding carboxylic acids is 1. The van der Waals surface area contributed by atoms with Gasteiger partial charge in [-0.05, 0) is 43.8 Å². The number of nitrogens with zero attached hydrogens (tertiary/aromatic N) is 1. The van der Waals surface area contributed by atoms with Crippen molar-refractivity contribution in [1.29, 1.82) is 0 Å². The van der Waals surface area contributed by atoms with Crippen LogP contribution in [0, 0.1) is 10.9 Å². The lowest BCUT2D eigenvalue weighted by atomic mass is 10.1. The molecule has 0 saturated heterocycles. The highest BCUT2D eigenvalue weighted by atomic mass is 32.1. The van der Waals surface area contributed by atoms with Gasteiger partial charge in [-0.1, -0.05) is 29.8 Å². The third-order valence-electron chi connectivity index (χ3n) is 3.54. The fraction of sp³-hybridized carbons (Fsp3) is 0.353. The molecule has 1 amide bonds. The molecule has 140 valence electrons. The number of hydrogen-bond acceptors (Lipinski definition) is 5. The van der Waals surface area contributed by atoms with Crippen LogP contribution in [0.4, 0.5) is 0 Å². The molecule has 2 rings (SSSR count). The van der Waals surface area contributed by atoms with Gasteiger partial charge in [-0.3, -0.25) is 15.6 Å². The summed E-state index contributed by atoms with van der Waals surface area (Å²) in [4.78, 5) is 12.3. The molecule has 9 heteroatoms. The van der Waals surface area contributed by atoms with Crippen LogP contribution in [0.5, 0.6) is 0 Å². The fourth-order valence-electron chi connectivity index (χ4n) is 2.29. The normalized spacial score (nSPS) is 11.7. The number of thiazole rings is 1. The third-order valence-corrected chi connectivity index (χ3v) is 5.03. The maximum atomic E-state index is 12.3. The van der Waals surface area contributed by atoms with Crippen LogP contribution in [0.3, 0.4) is 0 Å². The van der Waals surface area contributed by atoms with E-state index in [1.807, 2.05) is 48.1 Å². The first-order chi connectivity index (χ1) is 12.4. The van der Waals surface area contributed by atoms with Crippen LogP contribution < -0.4 is 16.2 Å². The molecule has 0 saturated carbocycles. The second kappa shape index (κ2) is 9.77. The largest absolute Gasteiger partial charge is 0.383 e. The van der Waals surface area contributed by atoms with E-state index in [-0.39, 0.29) is 18.5 Å². The van der Waals surface area contributed by atoms with Gasteiger partial charge in [0.2, 0.25) is 0 Å². The Labute approximate surface area is 167 Å².